The molecule has 1 fully saturated rings. The molecule has 19 heavy (non-hydrogen) atoms. The molecule has 2 atom stereocenters. The van der Waals surface area contributed by atoms with Crippen molar-refractivity contribution in [1.82, 2.24) is 15.5 Å². The van der Waals surface area contributed by atoms with E-state index in [-0.39, 0.29) is 6.61 Å². The lowest BCUT2D eigenvalue weighted by Gasteiger charge is -2.23. The Labute approximate surface area is 113 Å². The topological polar surface area (TPSA) is 80.4 Å². The fourth-order valence-electron chi connectivity index (χ4n) is 2.64. The van der Waals surface area contributed by atoms with E-state index < -0.39 is 0 Å². The van der Waals surface area contributed by atoms with Crippen LogP contribution in [-0.2, 0) is 17.9 Å². The molecule has 1 aromatic rings. The molecule has 1 aliphatic carbocycles. The summed E-state index contributed by atoms with van der Waals surface area (Å²) in [7, 11) is 1.60. The Morgan fingerprint density at radius 2 is 2.21 bits per heavy atom. The molecular weight excluding hydrogens is 246 g/mol. The molecule has 1 aromatic heterocycles. The van der Waals surface area contributed by atoms with Gasteiger partial charge in [0.1, 0.15) is 6.61 Å². The van der Waals surface area contributed by atoms with Crippen LogP contribution in [0, 0.1) is 5.92 Å². The molecule has 0 amide bonds. The standard InChI is InChI=1S/C13H23N3O3/c1-18-9-12-15-13(19-16-12)7-14-11-6-4-2-3-5-10(11)8-17/h10-11,14,17H,2-9H2,1H3. The van der Waals surface area contributed by atoms with E-state index in [1.807, 2.05) is 0 Å². The lowest BCUT2D eigenvalue weighted by molar-refractivity contribution is 0.174. The first-order chi connectivity index (χ1) is 9.33. The van der Waals surface area contributed by atoms with Gasteiger partial charge in [-0.2, -0.15) is 4.98 Å². The van der Waals surface area contributed by atoms with Crippen LogP contribution in [0.15, 0.2) is 4.52 Å². The fraction of sp³-hybridized carbons (Fsp3) is 0.846. The van der Waals surface area contributed by atoms with Crippen LogP contribution in [0.25, 0.3) is 0 Å². The van der Waals surface area contributed by atoms with Crippen molar-refractivity contribution in [3.8, 4) is 0 Å². The molecule has 0 radical (unpaired) electrons. The van der Waals surface area contributed by atoms with Crippen molar-refractivity contribution in [3.05, 3.63) is 11.7 Å². The number of nitrogens with zero attached hydrogens (tertiary/aromatic N) is 2. The SMILES string of the molecule is COCc1noc(CNC2CCCCCC2CO)n1. The predicted molar refractivity (Wildman–Crippen MR) is 69.3 cm³/mol. The Hall–Kier alpha value is -0.980. The first-order valence-electron chi connectivity index (χ1n) is 6.98. The van der Waals surface area contributed by atoms with Gasteiger partial charge in [0, 0.05) is 19.8 Å². The zero-order valence-electron chi connectivity index (χ0n) is 11.5. The highest BCUT2D eigenvalue weighted by molar-refractivity contribution is 4.86. The van der Waals surface area contributed by atoms with E-state index >= 15 is 0 Å². The minimum atomic E-state index is 0.246. The molecule has 1 aliphatic rings. The summed E-state index contributed by atoms with van der Waals surface area (Å²) < 4.78 is 10.1. The van der Waals surface area contributed by atoms with Crippen molar-refractivity contribution < 1.29 is 14.4 Å². The number of aliphatic hydroxyl groups is 1. The summed E-state index contributed by atoms with van der Waals surface area (Å²) in [6, 6.07) is 0.338. The fourth-order valence-corrected chi connectivity index (χ4v) is 2.64. The molecule has 2 rings (SSSR count). The Balaban J connectivity index is 1.84. The summed E-state index contributed by atoms with van der Waals surface area (Å²) in [5.74, 6) is 1.48. The summed E-state index contributed by atoms with van der Waals surface area (Å²) in [5, 5.41) is 16.7. The van der Waals surface area contributed by atoms with E-state index in [0.29, 0.717) is 36.8 Å². The second-order valence-electron chi connectivity index (χ2n) is 5.11. The van der Waals surface area contributed by atoms with Gasteiger partial charge in [-0.05, 0) is 18.8 Å². The molecule has 2 unspecified atom stereocenters. The zero-order valence-corrected chi connectivity index (χ0v) is 11.5. The molecule has 0 aliphatic heterocycles. The molecule has 0 spiro atoms. The number of rotatable bonds is 6. The third kappa shape index (κ3) is 4.26. The molecule has 0 aromatic carbocycles. The van der Waals surface area contributed by atoms with E-state index in [4.69, 9.17) is 9.26 Å². The number of hydrogen-bond acceptors (Lipinski definition) is 6. The Kier molecular flexibility index (Phi) is 5.75. The maximum absolute atomic E-state index is 9.45. The van der Waals surface area contributed by atoms with Gasteiger partial charge in [0.25, 0.3) is 0 Å². The molecule has 0 bridgehead atoms. The lowest BCUT2D eigenvalue weighted by atomic mass is 9.96. The third-order valence-electron chi connectivity index (χ3n) is 3.69. The second-order valence-corrected chi connectivity index (χ2v) is 5.11. The number of nitrogens with one attached hydrogen (secondary N) is 1. The van der Waals surface area contributed by atoms with Crippen molar-refractivity contribution in [2.24, 2.45) is 5.92 Å². The smallest absolute Gasteiger partial charge is 0.240 e. The van der Waals surface area contributed by atoms with Gasteiger partial charge in [-0.1, -0.05) is 24.4 Å². The van der Waals surface area contributed by atoms with Gasteiger partial charge < -0.3 is 19.7 Å². The molecular formula is C13H23N3O3. The van der Waals surface area contributed by atoms with Crippen LogP contribution in [0.4, 0.5) is 0 Å². The molecule has 1 saturated carbocycles. The minimum Gasteiger partial charge on any atom is -0.396 e. The number of hydrogen-bond donors (Lipinski definition) is 2. The first kappa shape index (κ1) is 14.4. The third-order valence-corrected chi connectivity index (χ3v) is 3.69. The van der Waals surface area contributed by atoms with Gasteiger partial charge in [0.05, 0.1) is 6.54 Å². The molecule has 1 heterocycles. The maximum atomic E-state index is 9.45. The van der Waals surface area contributed by atoms with Crippen LogP contribution in [0.2, 0.25) is 0 Å². The number of aromatic nitrogens is 2. The van der Waals surface area contributed by atoms with Gasteiger partial charge in [-0.25, -0.2) is 0 Å². The Morgan fingerprint density at radius 3 is 3.00 bits per heavy atom. The van der Waals surface area contributed by atoms with Crippen LogP contribution in [0.3, 0.4) is 0 Å². The monoisotopic (exact) mass is 269 g/mol. The van der Waals surface area contributed by atoms with Gasteiger partial charge in [-0.3, -0.25) is 0 Å². The summed E-state index contributed by atoms with van der Waals surface area (Å²) in [5.41, 5.74) is 0. The van der Waals surface area contributed by atoms with Crippen LogP contribution >= 0.6 is 0 Å². The van der Waals surface area contributed by atoms with Crippen molar-refractivity contribution in [2.45, 2.75) is 51.3 Å². The van der Waals surface area contributed by atoms with Gasteiger partial charge in [-0.15, -0.1) is 0 Å². The number of ether oxygens (including phenoxy) is 1. The van der Waals surface area contributed by atoms with Crippen LogP contribution < -0.4 is 5.32 Å². The van der Waals surface area contributed by atoms with E-state index in [1.165, 1.54) is 19.3 Å². The summed E-state index contributed by atoms with van der Waals surface area (Å²) in [6.07, 6.45) is 5.87. The molecule has 108 valence electrons. The van der Waals surface area contributed by atoms with Crippen molar-refractivity contribution in [2.75, 3.05) is 13.7 Å². The van der Waals surface area contributed by atoms with Crippen molar-refractivity contribution >= 4 is 0 Å². The lowest BCUT2D eigenvalue weighted by Crippen LogP contribution is -2.37. The first-order valence-corrected chi connectivity index (χ1v) is 6.98. The summed E-state index contributed by atoms with van der Waals surface area (Å²) in [4.78, 5) is 4.23. The Morgan fingerprint density at radius 1 is 1.37 bits per heavy atom. The van der Waals surface area contributed by atoms with E-state index in [0.717, 1.165) is 12.8 Å². The minimum absolute atomic E-state index is 0.246. The number of aliphatic hydroxyl groups excluding tert-OH is 1. The van der Waals surface area contributed by atoms with Crippen LogP contribution in [0.5, 0.6) is 0 Å². The molecule has 2 N–H and O–H groups in total. The van der Waals surface area contributed by atoms with E-state index in [1.54, 1.807) is 7.11 Å². The highest BCUT2D eigenvalue weighted by Gasteiger charge is 2.23. The Bertz CT molecular complexity index is 370. The molecule has 6 nitrogen and oxygen atoms in total. The van der Waals surface area contributed by atoms with Gasteiger partial charge in [0.2, 0.25) is 5.89 Å². The molecule has 0 saturated heterocycles. The average molecular weight is 269 g/mol. The maximum Gasteiger partial charge on any atom is 0.240 e. The van der Waals surface area contributed by atoms with E-state index in [2.05, 4.69) is 15.5 Å². The summed E-state index contributed by atoms with van der Waals surface area (Å²) >= 11 is 0. The zero-order chi connectivity index (χ0) is 13.5. The van der Waals surface area contributed by atoms with Crippen molar-refractivity contribution in [1.29, 1.82) is 0 Å². The highest BCUT2D eigenvalue weighted by atomic mass is 16.5. The quantitative estimate of drug-likeness (QED) is 0.756. The van der Waals surface area contributed by atoms with Gasteiger partial charge >= 0.3 is 0 Å². The van der Waals surface area contributed by atoms with Crippen LogP contribution in [0.1, 0.15) is 43.8 Å². The van der Waals surface area contributed by atoms with Crippen molar-refractivity contribution in [3.63, 3.8) is 0 Å². The predicted octanol–water partition coefficient (Wildman–Crippen LogP) is 1.25. The summed E-state index contributed by atoms with van der Waals surface area (Å²) in [6.45, 7) is 1.17. The average Bonchev–Trinajstić information content (AvgIpc) is 2.74. The highest BCUT2D eigenvalue weighted by Crippen LogP contribution is 2.23. The van der Waals surface area contributed by atoms with Crippen LogP contribution in [-0.4, -0.2) is 35.0 Å². The second kappa shape index (κ2) is 7.57. The largest absolute Gasteiger partial charge is 0.396 e. The van der Waals surface area contributed by atoms with Gasteiger partial charge in [0.15, 0.2) is 5.82 Å². The van der Waals surface area contributed by atoms with E-state index in [9.17, 15) is 5.11 Å². The number of methoxy groups -OCH3 is 1. The molecule has 6 heteroatoms. The normalized spacial score (nSPS) is 24.3.